The zero-order valence-corrected chi connectivity index (χ0v) is 12.9. The SMILES string of the molecule is CCOC(CC)(CC)c1noc(C2CCC(N)CC2)n1. The van der Waals surface area contributed by atoms with Gasteiger partial charge in [-0.15, -0.1) is 0 Å². The van der Waals surface area contributed by atoms with E-state index in [1.807, 2.05) is 6.92 Å². The largest absolute Gasteiger partial charge is 0.367 e. The Morgan fingerprint density at radius 3 is 2.40 bits per heavy atom. The molecule has 1 fully saturated rings. The van der Waals surface area contributed by atoms with Gasteiger partial charge in [-0.1, -0.05) is 19.0 Å². The maximum absolute atomic E-state index is 5.95. The molecule has 5 nitrogen and oxygen atoms in total. The maximum Gasteiger partial charge on any atom is 0.229 e. The van der Waals surface area contributed by atoms with Crippen molar-refractivity contribution in [2.75, 3.05) is 6.61 Å². The van der Waals surface area contributed by atoms with Crippen LogP contribution in [0.4, 0.5) is 0 Å². The Balaban J connectivity index is 2.14. The first-order valence-electron chi connectivity index (χ1n) is 7.88. The van der Waals surface area contributed by atoms with Gasteiger partial charge in [0.15, 0.2) is 0 Å². The number of nitrogens with zero attached hydrogens (tertiary/aromatic N) is 2. The molecule has 0 unspecified atom stereocenters. The summed E-state index contributed by atoms with van der Waals surface area (Å²) in [7, 11) is 0. The Hall–Kier alpha value is -0.940. The summed E-state index contributed by atoms with van der Waals surface area (Å²) in [6.07, 6.45) is 5.88. The van der Waals surface area contributed by atoms with Crippen LogP contribution in [0.5, 0.6) is 0 Å². The molecule has 0 aromatic carbocycles. The number of hydrogen-bond acceptors (Lipinski definition) is 5. The fourth-order valence-corrected chi connectivity index (χ4v) is 3.06. The summed E-state index contributed by atoms with van der Waals surface area (Å²) in [4.78, 5) is 4.65. The third-order valence-electron chi connectivity index (χ3n) is 4.53. The Kier molecular flexibility index (Phi) is 5.16. The van der Waals surface area contributed by atoms with E-state index in [0.717, 1.165) is 44.4 Å². The second kappa shape index (κ2) is 6.68. The topological polar surface area (TPSA) is 74.2 Å². The van der Waals surface area contributed by atoms with Gasteiger partial charge in [-0.3, -0.25) is 0 Å². The number of hydrogen-bond donors (Lipinski definition) is 1. The van der Waals surface area contributed by atoms with Crippen molar-refractivity contribution >= 4 is 0 Å². The molecule has 1 saturated carbocycles. The van der Waals surface area contributed by atoms with E-state index in [1.165, 1.54) is 0 Å². The lowest BCUT2D eigenvalue weighted by atomic mass is 9.86. The van der Waals surface area contributed by atoms with Crippen LogP contribution in [0.2, 0.25) is 0 Å². The average molecular weight is 281 g/mol. The zero-order valence-electron chi connectivity index (χ0n) is 12.9. The molecule has 0 bridgehead atoms. The lowest BCUT2D eigenvalue weighted by Gasteiger charge is -2.27. The van der Waals surface area contributed by atoms with E-state index in [4.69, 9.17) is 15.0 Å². The van der Waals surface area contributed by atoms with Gasteiger partial charge in [0.25, 0.3) is 0 Å². The highest BCUT2D eigenvalue weighted by atomic mass is 16.5. The van der Waals surface area contributed by atoms with Crippen molar-refractivity contribution in [3.05, 3.63) is 11.7 Å². The molecule has 5 heteroatoms. The third-order valence-corrected chi connectivity index (χ3v) is 4.53. The van der Waals surface area contributed by atoms with Gasteiger partial charge in [0.05, 0.1) is 0 Å². The Bertz CT molecular complexity index is 407. The summed E-state index contributed by atoms with van der Waals surface area (Å²) >= 11 is 0. The molecule has 20 heavy (non-hydrogen) atoms. The molecule has 1 heterocycles. The van der Waals surface area contributed by atoms with E-state index in [-0.39, 0.29) is 0 Å². The number of aromatic nitrogens is 2. The van der Waals surface area contributed by atoms with Crippen molar-refractivity contribution in [1.29, 1.82) is 0 Å². The third kappa shape index (κ3) is 3.04. The Labute approximate surface area is 121 Å². The predicted octanol–water partition coefficient (Wildman–Crippen LogP) is 3.11. The summed E-state index contributed by atoms with van der Waals surface area (Å²) in [5.74, 6) is 1.83. The fraction of sp³-hybridized carbons (Fsp3) is 0.867. The molecule has 0 radical (unpaired) electrons. The van der Waals surface area contributed by atoms with Gasteiger partial charge < -0.3 is 15.0 Å². The average Bonchev–Trinajstić information content (AvgIpc) is 2.96. The number of nitrogens with two attached hydrogens (primary N) is 1. The van der Waals surface area contributed by atoms with Crippen molar-refractivity contribution in [3.63, 3.8) is 0 Å². The highest BCUT2D eigenvalue weighted by molar-refractivity contribution is 5.04. The second-order valence-corrected chi connectivity index (χ2v) is 5.70. The van der Waals surface area contributed by atoms with Crippen molar-refractivity contribution in [2.45, 2.75) is 76.9 Å². The lowest BCUT2D eigenvalue weighted by Crippen LogP contribution is -2.30. The van der Waals surface area contributed by atoms with Crippen LogP contribution >= 0.6 is 0 Å². The zero-order chi connectivity index (χ0) is 14.6. The highest BCUT2D eigenvalue weighted by Crippen LogP contribution is 2.35. The molecular formula is C15H27N3O2. The molecule has 0 atom stereocenters. The van der Waals surface area contributed by atoms with E-state index in [2.05, 4.69) is 24.0 Å². The van der Waals surface area contributed by atoms with Gasteiger partial charge in [-0.05, 0) is 45.4 Å². The van der Waals surface area contributed by atoms with E-state index >= 15 is 0 Å². The summed E-state index contributed by atoms with van der Waals surface area (Å²) in [6, 6.07) is 0.336. The minimum Gasteiger partial charge on any atom is -0.367 e. The van der Waals surface area contributed by atoms with Crippen LogP contribution < -0.4 is 5.73 Å². The first kappa shape index (κ1) is 15.4. The quantitative estimate of drug-likeness (QED) is 0.867. The molecule has 0 spiro atoms. The summed E-state index contributed by atoms with van der Waals surface area (Å²) in [5.41, 5.74) is 5.54. The normalized spacial score (nSPS) is 24.0. The monoisotopic (exact) mass is 281 g/mol. The van der Waals surface area contributed by atoms with E-state index < -0.39 is 5.60 Å². The molecule has 1 aliphatic rings. The van der Waals surface area contributed by atoms with Crippen molar-refractivity contribution < 1.29 is 9.26 Å². The number of ether oxygens (including phenoxy) is 1. The molecule has 114 valence electrons. The van der Waals surface area contributed by atoms with Crippen molar-refractivity contribution in [3.8, 4) is 0 Å². The fourth-order valence-electron chi connectivity index (χ4n) is 3.06. The molecule has 1 aromatic heterocycles. The van der Waals surface area contributed by atoms with Gasteiger partial charge in [-0.2, -0.15) is 4.98 Å². The standard InChI is InChI=1S/C15H27N3O2/c1-4-15(5-2,19-6-3)14-17-13(20-18-14)11-7-9-12(16)10-8-11/h11-12H,4-10,16H2,1-3H3. The summed E-state index contributed by atoms with van der Waals surface area (Å²) in [5, 5.41) is 4.20. The van der Waals surface area contributed by atoms with Crippen molar-refractivity contribution in [1.82, 2.24) is 10.1 Å². The van der Waals surface area contributed by atoms with Crippen LogP contribution in [0.3, 0.4) is 0 Å². The van der Waals surface area contributed by atoms with Gasteiger partial charge in [0, 0.05) is 18.6 Å². The first-order chi connectivity index (χ1) is 9.65. The maximum atomic E-state index is 5.95. The molecule has 2 rings (SSSR count). The summed E-state index contributed by atoms with van der Waals surface area (Å²) in [6.45, 7) is 6.87. The number of rotatable bonds is 6. The lowest BCUT2D eigenvalue weighted by molar-refractivity contribution is -0.0583. The molecule has 0 saturated heterocycles. The second-order valence-electron chi connectivity index (χ2n) is 5.70. The van der Waals surface area contributed by atoms with Gasteiger partial charge in [0.1, 0.15) is 5.60 Å². The van der Waals surface area contributed by atoms with E-state index in [9.17, 15) is 0 Å². The van der Waals surface area contributed by atoms with Crippen LogP contribution in [-0.2, 0) is 10.3 Å². The molecule has 0 aliphatic heterocycles. The molecule has 0 amide bonds. The first-order valence-corrected chi connectivity index (χ1v) is 7.88. The van der Waals surface area contributed by atoms with Gasteiger partial charge >= 0.3 is 0 Å². The smallest absolute Gasteiger partial charge is 0.229 e. The molecular weight excluding hydrogens is 254 g/mol. The molecule has 2 N–H and O–H groups in total. The Morgan fingerprint density at radius 1 is 1.20 bits per heavy atom. The molecule has 1 aromatic rings. The van der Waals surface area contributed by atoms with Crippen LogP contribution in [0.15, 0.2) is 4.52 Å². The minimum absolute atomic E-state index is 0.336. The van der Waals surface area contributed by atoms with E-state index in [1.54, 1.807) is 0 Å². The van der Waals surface area contributed by atoms with Gasteiger partial charge in [0.2, 0.25) is 11.7 Å². The van der Waals surface area contributed by atoms with Crippen LogP contribution in [-0.4, -0.2) is 22.8 Å². The van der Waals surface area contributed by atoms with Crippen molar-refractivity contribution in [2.24, 2.45) is 5.73 Å². The van der Waals surface area contributed by atoms with Crippen LogP contribution in [0.25, 0.3) is 0 Å². The van der Waals surface area contributed by atoms with E-state index in [0.29, 0.717) is 24.4 Å². The van der Waals surface area contributed by atoms with Crippen LogP contribution in [0.1, 0.15) is 76.9 Å². The summed E-state index contributed by atoms with van der Waals surface area (Å²) < 4.78 is 11.4. The van der Waals surface area contributed by atoms with Gasteiger partial charge in [-0.25, -0.2) is 0 Å². The predicted molar refractivity (Wildman–Crippen MR) is 77.4 cm³/mol. The van der Waals surface area contributed by atoms with Crippen LogP contribution in [0, 0.1) is 0 Å². The Morgan fingerprint density at radius 2 is 1.85 bits per heavy atom. The highest BCUT2D eigenvalue weighted by Gasteiger charge is 2.35. The molecule has 1 aliphatic carbocycles. The minimum atomic E-state index is -0.401.